The zero-order valence-electron chi connectivity index (χ0n) is 21.4. The van der Waals surface area contributed by atoms with Crippen LogP contribution in [0.25, 0.3) is 22.2 Å². The average Bonchev–Trinajstić information content (AvgIpc) is 2.95. The SMILES string of the molecule is C#CCOc1ccc2nc(C(=O)C3=COC=C(CC4=CC=CCC4)O3)nc(-c3ccc(C(C)C)cc3)c2c1. The number of terminal acetylenes is 1. The van der Waals surface area contributed by atoms with Crippen molar-refractivity contribution in [2.45, 2.75) is 39.0 Å². The number of allylic oxidation sites excluding steroid dienone is 5. The standard InChI is InChI=1S/C32H28N2O4/c1-4-16-37-25-14-15-28-27(18-25)30(24-12-10-23(11-13-24)21(2)3)34-32(33-28)31(35)29-20-36-19-26(38-29)17-22-8-6-5-7-9-22/h1,5-6,8,10-15,18-21H,7,9,16-17H2,2-3H3. The van der Waals surface area contributed by atoms with E-state index in [9.17, 15) is 4.79 Å². The number of aromatic nitrogens is 2. The molecule has 1 aliphatic carbocycles. The minimum atomic E-state index is -0.456. The van der Waals surface area contributed by atoms with Crippen molar-refractivity contribution in [3.63, 3.8) is 0 Å². The van der Waals surface area contributed by atoms with Gasteiger partial charge in [-0.3, -0.25) is 4.79 Å². The van der Waals surface area contributed by atoms with Crippen LogP contribution in [0.15, 0.2) is 90.3 Å². The highest BCUT2D eigenvalue weighted by Gasteiger charge is 2.24. The molecule has 0 saturated carbocycles. The molecule has 0 fully saturated rings. The fourth-order valence-electron chi connectivity index (χ4n) is 4.34. The van der Waals surface area contributed by atoms with Crippen LogP contribution in [0.2, 0.25) is 0 Å². The summed E-state index contributed by atoms with van der Waals surface area (Å²) in [6.45, 7) is 4.44. The number of fused-ring (bicyclic) bond motifs is 1. The Balaban J connectivity index is 1.49. The Kier molecular flexibility index (Phi) is 7.37. The molecule has 0 N–H and O–H groups in total. The predicted octanol–water partition coefficient (Wildman–Crippen LogP) is 7.01. The van der Waals surface area contributed by atoms with Crippen molar-refractivity contribution in [2.24, 2.45) is 0 Å². The molecule has 3 aromatic rings. The van der Waals surface area contributed by atoms with Gasteiger partial charge in [0.05, 0.1) is 11.2 Å². The van der Waals surface area contributed by atoms with Gasteiger partial charge in [0.2, 0.25) is 11.6 Å². The van der Waals surface area contributed by atoms with Gasteiger partial charge < -0.3 is 14.2 Å². The Morgan fingerprint density at radius 3 is 2.71 bits per heavy atom. The van der Waals surface area contributed by atoms with Gasteiger partial charge in [0, 0.05) is 17.4 Å². The van der Waals surface area contributed by atoms with Gasteiger partial charge in [0.25, 0.3) is 5.78 Å². The third-order valence-electron chi connectivity index (χ3n) is 6.38. The topological polar surface area (TPSA) is 70.5 Å². The summed E-state index contributed by atoms with van der Waals surface area (Å²) in [6, 6.07) is 13.6. The van der Waals surface area contributed by atoms with Crippen LogP contribution in [-0.2, 0) is 9.47 Å². The highest BCUT2D eigenvalue weighted by Crippen LogP contribution is 2.32. The molecule has 5 rings (SSSR count). The summed E-state index contributed by atoms with van der Waals surface area (Å²) >= 11 is 0. The summed E-state index contributed by atoms with van der Waals surface area (Å²) in [6.07, 6.45) is 16.9. The highest BCUT2D eigenvalue weighted by molar-refractivity contribution is 6.07. The van der Waals surface area contributed by atoms with E-state index >= 15 is 0 Å². The molecule has 190 valence electrons. The first-order valence-electron chi connectivity index (χ1n) is 12.6. The van der Waals surface area contributed by atoms with E-state index < -0.39 is 5.78 Å². The number of carbonyl (C=O) groups is 1. The number of ketones is 1. The van der Waals surface area contributed by atoms with E-state index in [0.29, 0.717) is 35.1 Å². The zero-order valence-corrected chi connectivity index (χ0v) is 21.4. The zero-order chi connectivity index (χ0) is 26.5. The molecule has 1 aliphatic heterocycles. The maximum atomic E-state index is 13.5. The molecule has 2 aliphatic rings. The molecule has 2 aromatic carbocycles. The van der Waals surface area contributed by atoms with E-state index in [4.69, 9.17) is 25.6 Å². The van der Waals surface area contributed by atoms with Crippen molar-refractivity contribution in [1.82, 2.24) is 9.97 Å². The van der Waals surface area contributed by atoms with Gasteiger partial charge >= 0.3 is 0 Å². The van der Waals surface area contributed by atoms with E-state index in [1.165, 1.54) is 23.7 Å². The lowest BCUT2D eigenvalue weighted by Crippen LogP contribution is -2.14. The van der Waals surface area contributed by atoms with Crippen LogP contribution in [0, 0.1) is 12.3 Å². The summed E-state index contributed by atoms with van der Waals surface area (Å²) in [7, 11) is 0. The number of ether oxygens (including phenoxy) is 3. The molecule has 0 bridgehead atoms. The first kappa shape index (κ1) is 25.0. The molecular weight excluding hydrogens is 476 g/mol. The van der Waals surface area contributed by atoms with E-state index in [-0.39, 0.29) is 18.2 Å². The van der Waals surface area contributed by atoms with Crippen molar-refractivity contribution in [3.05, 3.63) is 102 Å². The number of Topliss-reactive ketones (excluding diaryl/α,β-unsaturated/α-hetero) is 1. The molecule has 1 aromatic heterocycles. The van der Waals surface area contributed by atoms with E-state index in [0.717, 1.165) is 23.8 Å². The van der Waals surface area contributed by atoms with Crippen molar-refractivity contribution in [2.75, 3.05) is 6.61 Å². The normalized spacial score (nSPS) is 14.6. The lowest BCUT2D eigenvalue weighted by molar-refractivity contribution is 0.0916. The second-order valence-electron chi connectivity index (χ2n) is 9.45. The summed E-state index contributed by atoms with van der Waals surface area (Å²) < 4.78 is 17.0. The molecule has 6 nitrogen and oxygen atoms in total. The summed E-state index contributed by atoms with van der Waals surface area (Å²) in [4.78, 5) is 22.8. The number of benzene rings is 2. The second kappa shape index (κ2) is 11.2. The second-order valence-corrected chi connectivity index (χ2v) is 9.45. The van der Waals surface area contributed by atoms with Crippen LogP contribution >= 0.6 is 0 Å². The lowest BCUT2D eigenvalue weighted by atomic mass is 9.99. The lowest BCUT2D eigenvalue weighted by Gasteiger charge is -2.18. The molecule has 0 atom stereocenters. The Morgan fingerprint density at radius 1 is 1.13 bits per heavy atom. The number of carbonyl (C=O) groups excluding carboxylic acids is 1. The van der Waals surface area contributed by atoms with E-state index in [2.05, 4.69) is 49.0 Å². The molecular formula is C32H28N2O4. The van der Waals surface area contributed by atoms with Crippen molar-refractivity contribution < 1.29 is 19.0 Å². The molecule has 6 heteroatoms. The Labute approximate surface area is 222 Å². The first-order chi connectivity index (χ1) is 18.5. The fourth-order valence-corrected chi connectivity index (χ4v) is 4.34. The Morgan fingerprint density at radius 2 is 1.97 bits per heavy atom. The van der Waals surface area contributed by atoms with Gasteiger partial charge in [0.15, 0.2) is 0 Å². The molecule has 0 spiro atoms. The monoisotopic (exact) mass is 504 g/mol. The fraction of sp³-hybridized carbons (Fsp3) is 0.219. The summed E-state index contributed by atoms with van der Waals surface area (Å²) in [5, 5.41) is 0.751. The van der Waals surface area contributed by atoms with Crippen LogP contribution < -0.4 is 4.74 Å². The number of rotatable bonds is 8. The highest BCUT2D eigenvalue weighted by atomic mass is 16.5. The van der Waals surface area contributed by atoms with Crippen LogP contribution in [0.5, 0.6) is 5.75 Å². The minimum absolute atomic E-state index is 0.0219. The van der Waals surface area contributed by atoms with Crippen LogP contribution in [0.3, 0.4) is 0 Å². The van der Waals surface area contributed by atoms with Crippen molar-refractivity contribution >= 4 is 16.7 Å². The largest absolute Gasteiger partial charge is 0.481 e. The first-order valence-corrected chi connectivity index (χ1v) is 12.6. The van der Waals surface area contributed by atoms with Gasteiger partial charge in [-0.15, -0.1) is 6.42 Å². The molecule has 38 heavy (non-hydrogen) atoms. The molecule has 0 unspecified atom stereocenters. The van der Waals surface area contributed by atoms with Crippen LogP contribution in [-0.4, -0.2) is 22.4 Å². The Bertz CT molecular complexity index is 1540. The number of nitrogens with zero attached hydrogens (tertiary/aromatic N) is 2. The van der Waals surface area contributed by atoms with Gasteiger partial charge in [-0.25, -0.2) is 9.97 Å². The average molecular weight is 505 g/mol. The van der Waals surface area contributed by atoms with Crippen LogP contribution in [0.1, 0.15) is 55.2 Å². The van der Waals surface area contributed by atoms with Crippen molar-refractivity contribution in [3.8, 4) is 29.4 Å². The minimum Gasteiger partial charge on any atom is -0.481 e. The number of hydrogen-bond acceptors (Lipinski definition) is 6. The van der Waals surface area contributed by atoms with Gasteiger partial charge in [-0.2, -0.15) is 0 Å². The quantitative estimate of drug-likeness (QED) is 0.243. The predicted molar refractivity (Wildman–Crippen MR) is 147 cm³/mol. The maximum Gasteiger partial charge on any atom is 0.268 e. The third-order valence-corrected chi connectivity index (χ3v) is 6.38. The van der Waals surface area contributed by atoms with Gasteiger partial charge in [-0.1, -0.05) is 67.8 Å². The van der Waals surface area contributed by atoms with Gasteiger partial charge in [0.1, 0.15) is 30.6 Å². The van der Waals surface area contributed by atoms with Crippen LogP contribution in [0.4, 0.5) is 0 Å². The molecule has 0 amide bonds. The Hall–Kier alpha value is -4.63. The third kappa shape index (κ3) is 5.52. The molecule has 0 saturated heterocycles. The maximum absolute atomic E-state index is 13.5. The molecule has 0 radical (unpaired) electrons. The van der Waals surface area contributed by atoms with E-state index in [1.807, 2.05) is 24.3 Å². The summed E-state index contributed by atoms with van der Waals surface area (Å²) in [5.41, 5.74) is 4.51. The molecule has 2 heterocycles. The number of hydrogen-bond donors (Lipinski definition) is 0. The van der Waals surface area contributed by atoms with E-state index in [1.54, 1.807) is 12.1 Å². The summed E-state index contributed by atoms with van der Waals surface area (Å²) in [5.74, 6) is 3.65. The van der Waals surface area contributed by atoms with Gasteiger partial charge in [-0.05, 0) is 42.5 Å². The van der Waals surface area contributed by atoms with Crippen molar-refractivity contribution in [1.29, 1.82) is 0 Å². The smallest absolute Gasteiger partial charge is 0.268 e.